The van der Waals surface area contributed by atoms with Gasteiger partial charge < -0.3 is 5.11 Å². The van der Waals surface area contributed by atoms with Crippen molar-refractivity contribution in [3.8, 4) is 5.75 Å². The largest absolute Gasteiger partial charge is 0.507 e. The SMILES string of the molecule is O=C(c1cccc(I)c1)c1ccc(O)c(I)c1. The summed E-state index contributed by atoms with van der Waals surface area (Å²) in [6.45, 7) is 0. The normalized spacial score (nSPS) is 10.2. The summed E-state index contributed by atoms with van der Waals surface area (Å²) >= 11 is 4.18. The predicted octanol–water partition coefficient (Wildman–Crippen LogP) is 3.83. The Morgan fingerprint density at radius 1 is 1.00 bits per heavy atom. The summed E-state index contributed by atoms with van der Waals surface area (Å²) in [5.74, 6) is 0.172. The topological polar surface area (TPSA) is 37.3 Å². The van der Waals surface area contributed by atoms with Crippen molar-refractivity contribution in [1.29, 1.82) is 0 Å². The van der Waals surface area contributed by atoms with E-state index < -0.39 is 0 Å². The second-order valence-corrected chi connectivity index (χ2v) is 5.91. The summed E-state index contributed by atoms with van der Waals surface area (Å²) in [6, 6.07) is 12.3. The highest BCUT2D eigenvalue weighted by molar-refractivity contribution is 14.1. The molecule has 2 nitrogen and oxygen atoms in total. The van der Waals surface area contributed by atoms with Crippen LogP contribution in [0.25, 0.3) is 0 Å². The molecule has 0 aliphatic carbocycles. The summed E-state index contributed by atoms with van der Waals surface area (Å²) in [6.07, 6.45) is 0. The first-order chi connectivity index (χ1) is 8.08. The minimum Gasteiger partial charge on any atom is -0.507 e. The number of phenolic OH excluding ortho intramolecular Hbond substituents is 1. The molecule has 0 unspecified atom stereocenters. The van der Waals surface area contributed by atoms with E-state index >= 15 is 0 Å². The Balaban J connectivity index is 2.40. The molecule has 0 spiro atoms. The molecule has 0 saturated carbocycles. The third kappa shape index (κ3) is 2.98. The molecule has 0 heterocycles. The quantitative estimate of drug-likeness (QED) is 0.558. The number of hydrogen-bond acceptors (Lipinski definition) is 2. The van der Waals surface area contributed by atoms with Crippen LogP contribution in [-0.4, -0.2) is 10.9 Å². The van der Waals surface area contributed by atoms with Crippen LogP contribution in [0.2, 0.25) is 0 Å². The van der Waals surface area contributed by atoms with Gasteiger partial charge in [0.05, 0.1) is 3.57 Å². The molecule has 17 heavy (non-hydrogen) atoms. The van der Waals surface area contributed by atoms with E-state index in [0.717, 1.165) is 3.57 Å². The van der Waals surface area contributed by atoms with Gasteiger partial charge in [-0.05, 0) is 75.5 Å². The van der Waals surface area contributed by atoms with Gasteiger partial charge in [-0.15, -0.1) is 0 Å². The van der Waals surface area contributed by atoms with E-state index in [0.29, 0.717) is 14.7 Å². The Hall–Kier alpha value is -0.630. The zero-order valence-corrected chi connectivity index (χ0v) is 13.0. The summed E-state index contributed by atoms with van der Waals surface area (Å²) < 4.78 is 1.71. The Morgan fingerprint density at radius 3 is 2.35 bits per heavy atom. The summed E-state index contributed by atoms with van der Waals surface area (Å²) in [7, 11) is 0. The smallest absolute Gasteiger partial charge is 0.193 e. The fourth-order valence-corrected chi connectivity index (χ4v) is 2.50. The van der Waals surface area contributed by atoms with Crippen molar-refractivity contribution < 1.29 is 9.90 Å². The van der Waals surface area contributed by atoms with Gasteiger partial charge in [-0.1, -0.05) is 12.1 Å². The van der Waals surface area contributed by atoms with Crippen molar-refractivity contribution in [3.63, 3.8) is 0 Å². The maximum absolute atomic E-state index is 12.2. The van der Waals surface area contributed by atoms with Crippen LogP contribution in [-0.2, 0) is 0 Å². The zero-order chi connectivity index (χ0) is 12.4. The van der Waals surface area contributed by atoms with Crippen LogP contribution in [0.4, 0.5) is 0 Å². The molecule has 0 aliphatic heterocycles. The fraction of sp³-hybridized carbons (Fsp3) is 0. The van der Waals surface area contributed by atoms with Gasteiger partial charge in [0.2, 0.25) is 0 Å². The molecule has 4 heteroatoms. The molecule has 0 atom stereocenters. The average molecular weight is 450 g/mol. The number of aromatic hydroxyl groups is 1. The van der Waals surface area contributed by atoms with Crippen LogP contribution >= 0.6 is 45.2 Å². The number of ketones is 1. The van der Waals surface area contributed by atoms with Crippen molar-refractivity contribution >= 4 is 51.0 Å². The number of carbonyl (C=O) groups is 1. The molecule has 0 bridgehead atoms. The van der Waals surface area contributed by atoms with E-state index in [1.165, 1.54) is 0 Å². The lowest BCUT2D eigenvalue weighted by atomic mass is 10.0. The molecule has 1 N–H and O–H groups in total. The highest BCUT2D eigenvalue weighted by atomic mass is 127. The van der Waals surface area contributed by atoms with Gasteiger partial charge in [-0.25, -0.2) is 0 Å². The van der Waals surface area contributed by atoms with Gasteiger partial charge >= 0.3 is 0 Å². The Morgan fingerprint density at radius 2 is 1.71 bits per heavy atom. The lowest BCUT2D eigenvalue weighted by Gasteiger charge is -2.03. The van der Waals surface area contributed by atoms with Crippen molar-refractivity contribution in [2.45, 2.75) is 0 Å². The molecule has 0 fully saturated rings. The first kappa shape index (κ1) is 12.8. The molecule has 0 radical (unpaired) electrons. The fourth-order valence-electron chi connectivity index (χ4n) is 1.44. The minimum absolute atomic E-state index is 0.0265. The van der Waals surface area contributed by atoms with E-state index in [1.807, 2.05) is 40.8 Å². The third-order valence-corrected chi connectivity index (χ3v) is 3.83. The van der Waals surface area contributed by atoms with Crippen LogP contribution in [0.3, 0.4) is 0 Å². The van der Waals surface area contributed by atoms with Gasteiger partial charge in [0.1, 0.15) is 5.75 Å². The lowest BCUT2D eigenvalue weighted by molar-refractivity contribution is 0.103. The standard InChI is InChI=1S/C13H8I2O2/c14-10-3-1-2-8(6-10)13(17)9-4-5-12(16)11(15)7-9/h1-7,16H. The number of halogens is 2. The van der Waals surface area contributed by atoms with Crippen molar-refractivity contribution in [3.05, 3.63) is 60.7 Å². The lowest BCUT2D eigenvalue weighted by Crippen LogP contribution is -2.01. The summed E-state index contributed by atoms with van der Waals surface area (Å²) in [5.41, 5.74) is 1.26. The van der Waals surface area contributed by atoms with E-state index in [1.54, 1.807) is 24.3 Å². The molecule has 0 aromatic heterocycles. The van der Waals surface area contributed by atoms with Crippen LogP contribution in [0.15, 0.2) is 42.5 Å². The highest BCUT2D eigenvalue weighted by Gasteiger charge is 2.10. The van der Waals surface area contributed by atoms with Crippen molar-refractivity contribution in [2.24, 2.45) is 0 Å². The van der Waals surface area contributed by atoms with Crippen molar-refractivity contribution in [1.82, 2.24) is 0 Å². The maximum atomic E-state index is 12.2. The monoisotopic (exact) mass is 450 g/mol. The number of phenols is 1. The maximum Gasteiger partial charge on any atom is 0.193 e. The van der Waals surface area contributed by atoms with Gasteiger partial charge in [0, 0.05) is 14.7 Å². The summed E-state index contributed by atoms with van der Waals surface area (Å²) in [4.78, 5) is 12.2. The van der Waals surface area contributed by atoms with E-state index in [9.17, 15) is 9.90 Å². The molecule has 0 saturated heterocycles. The van der Waals surface area contributed by atoms with Gasteiger partial charge in [0.25, 0.3) is 0 Å². The third-order valence-electron chi connectivity index (χ3n) is 2.30. The molecule has 2 aromatic carbocycles. The predicted molar refractivity (Wildman–Crippen MR) is 83.4 cm³/mol. The Labute approximate surface area is 126 Å². The van der Waals surface area contributed by atoms with Gasteiger partial charge in [0.15, 0.2) is 5.78 Å². The number of carbonyl (C=O) groups excluding carboxylic acids is 1. The number of benzene rings is 2. The first-order valence-corrected chi connectivity index (χ1v) is 7.02. The highest BCUT2D eigenvalue weighted by Crippen LogP contribution is 2.22. The average Bonchev–Trinajstić information content (AvgIpc) is 2.32. The molecule has 2 rings (SSSR count). The van der Waals surface area contributed by atoms with E-state index in [4.69, 9.17) is 0 Å². The molecule has 2 aromatic rings. The van der Waals surface area contributed by atoms with Crippen LogP contribution in [0, 0.1) is 7.14 Å². The van der Waals surface area contributed by atoms with Gasteiger partial charge in [-0.3, -0.25) is 4.79 Å². The second kappa shape index (κ2) is 5.34. The minimum atomic E-state index is -0.0265. The Kier molecular flexibility index (Phi) is 4.03. The summed E-state index contributed by atoms with van der Waals surface area (Å²) in [5, 5.41) is 9.42. The van der Waals surface area contributed by atoms with Gasteiger partial charge in [-0.2, -0.15) is 0 Å². The van der Waals surface area contributed by atoms with Crippen LogP contribution < -0.4 is 0 Å². The van der Waals surface area contributed by atoms with E-state index in [-0.39, 0.29) is 11.5 Å². The molecule has 0 aliphatic rings. The van der Waals surface area contributed by atoms with Crippen LogP contribution in [0.1, 0.15) is 15.9 Å². The first-order valence-electron chi connectivity index (χ1n) is 4.87. The molecule has 86 valence electrons. The van der Waals surface area contributed by atoms with E-state index in [2.05, 4.69) is 22.6 Å². The number of hydrogen-bond donors (Lipinski definition) is 1. The zero-order valence-electron chi connectivity index (χ0n) is 8.65. The van der Waals surface area contributed by atoms with Crippen molar-refractivity contribution in [2.75, 3.05) is 0 Å². The number of rotatable bonds is 2. The Bertz CT molecular complexity index is 579. The molecular weight excluding hydrogens is 442 g/mol. The van der Waals surface area contributed by atoms with Crippen LogP contribution in [0.5, 0.6) is 5.75 Å². The molecular formula is C13H8I2O2. The second-order valence-electron chi connectivity index (χ2n) is 3.51. The molecule has 0 amide bonds.